The third-order valence-corrected chi connectivity index (χ3v) is 5.42. The summed E-state index contributed by atoms with van der Waals surface area (Å²) in [5.41, 5.74) is 7.53. The second kappa shape index (κ2) is 6.95. The Hall–Kier alpha value is -2.22. The van der Waals surface area contributed by atoms with Crippen molar-refractivity contribution in [3.63, 3.8) is 0 Å². The lowest BCUT2D eigenvalue weighted by molar-refractivity contribution is -0.117. The Kier molecular flexibility index (Phi) is 4.52. The number of benzene rings is 1. The van der Waals surface area contributed by atoms with E-state index >= 15 is 0 Å². The molecule has 25 heavy (non-hydrogen) atoms. The van der Waals surface area contributed by atoms with Crippen LogP contribution < -0.4 is 21.5 Å². The minimum absolute atomic E-state index is 0.0398. The van der Waals surface area contributed by atoms with Gasteiger partial charge in [0.25, 0.3) is 5.91 Å². The summed E-state index contributed by atoms with van der Waals surface area (Å²) in [5.74, 6) is 0.0205. The maximum Gasteiger partial charge on any atom is 0.252 e. The number of hydrogen-bond donors (Lipinski definition) is 4. The summed E-state index contributed by atoms with van der Waals surface area (Å²) >= 11 is 1.70. The lowest BCUT2D eigenvalue weighted by Gasteiger charge is -2.13. The first-order valence-corrected chi connectivity index (χ1v) is 9.33. The molecule has 0 radical (unpaired) electrons. The molecule has 7 heteroatoms. The number of rotatable bonds is 5. The fraction of sp³-hybridized carbons (Fsp3) is 0.333. The Bertz CT molecular complexity index is 773. The highest BCUT2D eigenvalue weighted by Crippen LogP contribution is 2.30. The number of carbonyl (C=O) groups is 2. The van der Waals surface area contributed by atoms with Gasteiger partial charge in [-0.25, -0.2) is 10.9 Å². The van der Waals surface area contributed by atoms with E-state index in [9.17, 15) is 9.59 Å². The molecule has 4 N–H and O–H groups in total. The van der Waals surface area contributed by atoms with Crippen LogP contribution in [0.4, 0.5) is 5.69 Å². The fourth-order valence-corrected chi connectivity index (χ4v) is 3.69. The van der Waals surface area contributed by atoms with Crippen molar-refractivity contribution in [1.82, 2.24) is 16.2 Å². The van der Waals surface area contributed by atoms with Gasteiger partial charge in [0.1, 0.15) is 0 Å². The van der Waals surface area contributed by atoms with Crippen LogP contribution in [-0.2, 0) is 4.79 Å². The molecule has 6 nitrogen and oxygen atoms in total. The second-order valence-electron chi connectivity index (χ2n) is 6.46. The molecule has 0 bridgehead atoms. The zero-order valence-corrected chi connectivity index (χ0v) is 14.4. The summed E-state index contributed by atoms with van der Waals surface area (Å²) in [6.45, 7) is 0. The smallest absolute Gasteiger partial charge is 0.252 e. The third kappa shape index (κ3) is 3.89. The van der Waals surface area contributed by atoms with E-state index in [4.69, 9.17) is 0 Å². The van der Waals surface area contributed by atoms with Crippen molar-refractivity contribution in [1.29, 1.82) is 0 Å². The van der Waals surface area contributed by atoms with Gasteiger partial charge in [0.15, 0.2) is 0 Å². The van der Waals surface area contributed by atoms with Gasteiger partial charge in [0, 0.05) is 28.5 Å². The van der Waals surface area contributed by atoms with E-state index in [0.29, 0.717) is 11.3 Å². The number of thiophene rings is 1. The number of amides is 2. The quantitative estimate of drug-likeness (QED) is 0.663. The summed E-state index contributed by atoms with van der Waals surface area (Å²) in [7, 11) is 0. The number of hydrazine groups is 1. The van der Waals surface area contributed by atoms with Crippen molar-refractivity contribution in [2.45, 2.75) is 31.5 Å². The molecule has 2 unspecified atom stereocenters. The van der Waals surface area contributed by atoms with Crippen molar-refractivity contribution >= 4 is 28.8 Å². The van der Waals surface area contributed by atoms with E-state index in [-0.39, 0.29) is 29.9 Å². The maximum atomic E-state index is 12.5. The average Bonchev–Trinajstić information content (AvgIpc) is 3.13. The predicted octanol–water partition coefficient (Wildman–Crippen LogP) is 2.39. The zero-order chi connectivity index (χ0) is 17.2. The van der Waals surface area contributed by atoms with Gasteiger partial charge in [-0.3, -0.25) is 9.59 Å². The van der Waals surface area contributed by atoms with Crippen molar-refractivity contribution in [3.05, 3.63) is 52.2 Å². The number of hydrogen-bond acceptors (Lipinski definition) is 5. The van der Waals surface area contributed by atoms with Gasteiger partial charge < -0.3 is 10.6 Å². The van der Waals surface area contributed by atoms with Crippen LogP contribution in [-0.4, -0.2) is 18.0 Å². The molecule has 4 rings (SSSR count). The first-order valence-electron chi connectivity index (χ1n) is 8.45. The summed E-state index contributed by atoms with van der Waals surface area (Å²) < 4.78 is 0. The Balaban J connectivity index is 1.35. The van der Waals surface area contributed by atoms with E-state index in [1.165, 1.54) is 4.88 Å². The van der Waals surface area contributed by atoms with Crippen molar-refractivity contribution in [2.24, 2.45) is 5.92 Å². The Morgan fingerprint density at radius 1 is 1.12 bits per heavy atom. The van der Waals surface area contributed by atoms with Crippen LogP contribution >= 0.6 is 11.3 Å². The van der Waals surface area contributed by atoms with Crippen LogP contribution in [0.1, 0.15) is 40.5 Å². The standard InChI is InChI=1S/C18H20N4O2S/c23-17(11-6-7-11)19-13-4-1-3-12(9-13)18(24)20-16-10-14(21-22-16)15-5-2-8-25-15/h1-5,8-9,11,14,16,21-22H,6-7,10H2,(H,19,23)(H,20,24). The highest BCUT2D eigenvalue weighted by Gasteiger charge is 2.30. The first kappa shape index (κ1) is 16.3. The first-order chi connectivity index (χ1) is 12.2. The molecule has 2 aliphatic rings. The van der Waals surface area contributed by atoms with Crippen LogP contribution in [0.2, 0.25) is 0 Å². The largest absolute Gasteiger partial charge is 0.335 e. The summed E-state index contributed by atoms with van der Waals surface area (Å²) in [6, 6.07) is 11.4. The van der Waals surface area contributed by atoms with Gasteiger partial charge >= 0.3 is 0 Å². The van der Waals surface area contributed by atoms with Crippen LogP contribution in [0.15, 0.2) is 41.8 Å². The van der Waals surface area contributed by atoms with Crippen molar-refractivity contribution < 1.29 is 9.59 Å². The monoisotopic (exact) mass is 356 g/mol. The molecule has 1 saturated heterocycles. The average molecular weight is 356 g/mol. The molecule has 1 aliphatic carbocycles. The molecular formula is C18H20N4O2S. The van der Waals surface area contributed by atoms with E-state index < -0.39 is 0 Å². The highest BCUT2D eigenvalue weighted by atomic mass is 32.1. The molecule has 2 heterocycles. The molecule has 2 amide bonds. The minimum atomic E-state index is -0.159. The molecule has 0 spiro atoms. The van der Waals surface area contributed by atoms with Crippen molar-refractivity contribution in [2.75, 3.05) is 5.32 Å². The fourth-order valence-electron chi connectivity index (χ4n) is 2.90. The second-order valence-corrected chi connectivity index (χ2v) is 7.44. The summed E-state index contributed by atoms with van der Waals surface area (Å²) in [6.07, 6.45) is 2.56. The molecule has 1 saturated carbocycles. The van der Waals surface area contributed by atoms with Gasteiger partial charge in [-0.05, 0) is 42.5 Å². The van der Waals surface area contributed by atoms with Crippen LogP contribution in [0, 0.1) is 5.92 Å². The lowest BCUT2D eigenvalue weighted by atomic mass is 10.1. The highest BCUT2D eigenvalue weighted by molar-refractivity contribution is 7.10. The number of nitrogens with one attached hydrogen (secondary N) is 4. The van der Waals surface area contributed by atoms with E-state index in [1.807, 2.05) is 11.4 Å². The molecule has 1 aliphatic heterocycles. The SMILES string of the molecule is O=C(NC1CC(c2cccs2)NN1)c1cccc(NC(=O)C2CC2)c1. The lowest BCUT2D eigenvalue weighted by Crippen LogP contribution is -2.44. The summed E-state index contributed by atoms with van der Waals surface area (Å²) in [4.78, 5) is 25.6. The van der Waals surface area contributed by atoms with Gasteiger partial charge in [0.2, 0.25) is 5.91 Å². The van der Waals surface area contributed by atoms with E-state index in [2.05, 4.69) is 27.6 Å². The minimum Gasteiger partial charge on any atom is -0.335 e. The van der Waals surface area contributed by atoms with Gasteiger partial charge in [-0.2, -0.15) is 0 Å². The van der Waals surface area contributed by atoms with Crippen LogP contribution in [0.25, 0.3) is 0 Å². The number of carbonyl (C=O) groups excluding carboxylic acids is 2. The number of anilines is 1. The normalized spacial score (nSPS) is 22.6. The van der Waals surface area contributed by atoms with Crippen molar-refractivity contribution in [3.8, 4) is 0 Å². The van der Waals surface area contributed by atoms with E-state index in [1.54, 1.807) is 35.6 Å². The van der Waals surface area contributed by atoms with Gasteiger partial charge in [0.05, 0.1) is 12.2 Å². The maximum absolute atomic E-state index is 12.5. The molecule has 1 aromatic heterocycles. The molecule has 2 aromatic rings. The Labute approximate surface area is 150 Å². The molecule has 2 atom stereocenters. The molecule has 2 fully saturated rings. The summed E-state index contributed by atoms with van der Waals surface area (Å²) in [5, 5.41) is 7.90. The molecule has 130 valence electrons. The Morgan fingerprint density at radius 2 is 2.00 bits per heavy atom. The van der Waals surface area contributed by atoms with Crippen LogP contribution in [0.3, 0.4) is 0 Å². The Morgan fingerprint density at radius 3 is 2.76 bits per heavy atom. The molecule has 1 aromatic carbocycles. The predicted molar refractivity (Wildman–Crippen MR) is 97.0 cm³/mol. The third-order valence-electron chi connectivity index (χ3n) is 4.44. The molecular weight excluding hydrogens is 336 g/mol. The van der Waals surface area contributed by atoms with Gasteiger partial charge in [-0.1, -0.05) is 12.1 Å². The topological polar surface area (TPSA) is 82.3 Å². The van der Waals surface area contributed by atoms with E-state index in [0.717, 1.165) is 19.3 Å². The van der Waals surface area contributed by atoms with Crippen LogP contribution in [0.5, 0.6) is 0 Å². The van der Waals surface area contributed by atoms with Gasteiger partial charge in [-0.15, -0.1) is 11.3 Å². The zero-order valence-electron chi connectivity index (χ0n) is 13.6.